The summed E-state index contributed by atoms with van der Waals surface area (Å²) >= 11 is 14.8. The van der Waals surface area contributed by atoms with Crippen LogP contribution in [-0.4, -0.2) is 78.3 Å². The van der Waals surface area contributed by atoms with Gasteiger partial charge in [-0.15, -0.1) is 23.2 Å². The van der Waals surface area contributed by atoms with Crippen molar-refractivity contribution < 1.29 is 157 Å². The number of hydrogen-bond acceptors (Lipinski definition) is 12. The number of carbonyl (C=O) groups excluding carboxylic acids is 5. The third-order valence-electron chi connectivity index (χ3n) is 11.7. The van der Waals surface area contributed by atoms with Gasteiger partial charge in [0.25, 0.3) is 29.4 Å². The van der Waals surface area contributed by atoms with Crippen LogP contribution >= 0.6 is 34.8 Å². The quantitative estimate of drug-likeness (QED) is 0.0397. The van der Waals surface area contributed by atoms with E-state index in [2.05, 4.69) is 69.6 Å². The molecule has 418 valence electrons. The molecule has 20 heteroatoms. The smallest absolute Gasteiger partial charge is 1.00 e. The molecule has 2 aliphatic rings. The fourth-order valence-electron chi connectivity index (χ4n) is 8.57. The predicted molar refractivity (Wildman–Crippen MR) is 299 cm³/mol. The Hall–Kier alpha value is -2.31. The van der Waals surface area contributed by atoms with Crippen molar-refractivity contribution in [3.05, 3.63) is 116 Å². The molecule has 2 aliphatic heterocycles. The Kier molecular flexibility index (Phi) is 38.3. The zero-order valence-electron chi connectivity index (χ0n) is 48.4. The maximum Gasteiger partial charge on any atom is 1.00 e. The summed E-state index contributed by atoms with van der Waals surface area (Å²) in [5, 5.41) is 9.75. The van der Waals surface area contributed by atoms with Gasteiger partial charge in [0.05, 0.1) is 11.4 Å². The second kappa shape index (κ2) is 38.4. The van der Waals surface area contributed by atoms with E-state index in [-0.39, 0.29) is 164 Å². The van der Waals surface area contributed by atoms with Crippen LogP contribution in [0.5, 0.6) is 23.0 Å². The number of rotatable bonds is 12. The van der Waals surface area contributed by atoms with Crippen molar-refractivity contribution >= 4 is 64.2 Å². The molecule has 0 saturated heterocycles. The third-order valence-corrected chi connectivity index (χ3v) is 11.9. The molecule has 4 aromatic carbocycles. The molecule has 15 nitrogen and oxygen atoms in total. The van der Waals surface area contributed by atoms with E-state index in [9.17, 15) is 19.2 Å². The molecule has 0 fully saturated rings. The van der Waals surface area contributed by atoms with Crippen LogP contribution in [0, 0.1) is 38.5 Å². The maximum atomic E-state index is 13.7. The third kappa shape index (κ3) is 24.8. The predicted octanol–water partition coefficient (Wildman–Crippen LogP) is 5.62. The Morgan fingerprint density at radius 2 is 1.06 bits per heavy atom. The number of hydrazine groups is 2. The molecule has 2 unspecified atom stereocenters. The van der Waals surface area contributed by atoms with Crippen LogP contribution < -0.4 is 143 Å². The summed E-state index contributed by atoms with van der Waals surface area (Å²) in [6.07, 6.45) is 2.95. The number of ether oxygens (including phenoxy) is 4. The zero-order valence-corrected chi connectivity index (χ0v) is 56.0. The van der Waals surface area contributed by atoms with E-state index in [1.165, 1.54) is 5.01 Å². The summed E-state index contributed by atoms with van der Waals surface area (Å²) in [5.41, 5.74) is 16.9. The second-order valence-corrected chi connectivity index (χ2v) is 20.7. The van der Waals surface area contributed by atoms with Gasteiger partial charge in [-0.05, 0) is 124 Å². The minimum atomic E-state index is -0.392. The number of carbonyl (C=O) groups is 5. The minimum absolute atomic E-state index is 0. The van der Waals surface area contributed by atoms with E-state index in [1.54, 1.807) is 30.3 Å². The van der Waals surface area contributed by atoms with Crippen molar-refractivity contribution in [2.75, 3.05) is 31.8 Å². The Labute approximate surface area is 559 Å². The summed E-state index contributed by atoms with van der Waals surface area (Å²) in [5.74, 6) is 2.01. The first-order chi connectivity index (χ1) is 34.9. The van der Waals surface area contributed by atoms with Crippen molar-refractivity contribution in [3.8, 4) is 23.0 Å². The first-order valence-electron chi connectivity index (χ1n) is 24.6. The van der Waals surface area contributed by atoms with Crippen molar-refractivity contribution in [1.29, 1.82) is 0 Å². The normalized spacial score (nSPS) is 12.4. The summed E-state index contributed by atoms with van der Waals surface area (Å²) in [4.78, 5) is 61.8. The van der Waals surface area contributed by atoms with E-state index < -0.39 is 5.24 Å². The van der Waals surface area contributed by atoms with Crippen LogP contribution in [0.25, 0.3) is 0 Å². The maximum absolute atomic E-state index is 13.7. The molecule has 3 N–H and O–H groups in total. The van der Waals surface area contributed by atoms with Crippen molar-refractivity contribution in [2.45, 2.75) is 142 Å². The largest absolute Gasteiger partial charge is 1.00 e. The molecule has 0 radical (unpaired) electrons. The molecule has 6 rings (SSSR count). The van der Waals surface area contributed by atoms with Gasteiger partial charge in [-0.1, -0.05) is 111 Å². The van der Waals surface area contributed by atoms with E-state index in [1.807, 2.05) is 78.8 Å². The van der Waals surface area contributed by atoms with Crippen molar-refractivity contribution in [1.82, 2.24) is 21.3 Å². The van der Waals surface area contributed by atoms with E-state index in [0.29, 0.717) is 85.2 Å². The Morgan fingerprint density at radius 1 is 0.675 bits per heavy atom. The zero-order chi connectivity index (χ0) is 55.9. The molecule has 0 bridgehead atoms. The summed E-state index contributed by atoms with van der Waals surface area (Å²) in [6, 6.07) is 18.5. The fraction of sp³-hybridized carbons (Fsp3) is 0.491. The number of nitrogens with zero attached hydrogens (tertiary/aromatic N) is 1. The number of benzene rings is 4. The van der Waals surface area contributed by atoms with Crippen LogP contribution in [0.4, 0.5) is 0 Å². The molecule has 0 saturated carbocycles. The molecule has 3 amide bonds. The number of nitrogens with one attached hydrogen (secondary N) is 3. The number of alkyl halides is 2. The molecule has 2 heterocycles. The van der Waals surface area contributed by atoms with Gasteiger partial charge in [0.1, 0.15) is 26.4 Å². The Bertz CT molecular complexity index is 2470. The van der Waals surface area contributed by atoms with Gasteiger partial charge in [-0.2, -0.15) is 0 Å². The Morgan fingerprint density at radius 3 is 1.40 bits per heavy atom. The van der Waals surface area contributed by atoms with E-state index >= 15 is 0 Å². The van der Waals surface area contributed by atoms with E-state index in [0.717, 1.165) is 45.6 Å². The van der Waals surface area contributed by atoms with E-state index in [4.69, 9.17) is 63.8 Å². The van der Waals surface area contributed by atoms with Crippen LogP contribution in [0.15, 0.2) is 60.7 Å². The van der Waals surface area contributed by atoms with Crippen molar-refractivity contribution in [3.63, 3.8) is 0 Å². The van der Waals surface area contributed by atoms with Crippen LogP contribution in [0.1, 0.15) is 166 Å². The Balaban J connectivity index is -0.00000108. The van der Waals surface area contributed by atoms with Gasteiger partial charge in [0.15, 0.2) is 23.0 Å². The monoisotopic (exact) mass is 1180 g/mol. The second-order valence-electron chi connectivity index (χ2n) is 19.6. The van der Waals surface area contributed by atoms with Crippen molar-refractivity contribution in [2.24, 2.45) is 10.8 Å². The van der Waals surface area contributed by atoms with Gasteiger partial charge in [0, 0.05) is 39.4 Å². The number of fused-ring (bicyclic) bond motifs is 2. The molecule has 2 atom stereocenters. The fourth-order valence-corrected chi connectivity index (χ4v) is 8.68. The van der Waals surface area contributed by atoms with Gasteiger partial charge >= 0.3 is 103 Å². The summed E-state index contributed by atoms with van der Waals surface area (Å²) in [6.45, 7) is 30.5. The molecule has 0 aliphatic carbocycles. The average molecular weight is 1180 g/mol. The SMILES string of the molecule is C.CCc1c(C(=O)NN(C(=O)c2cc(C)cc(C)c2)C(CC)C(C)(C)C)ccc2c1OCCO2.CCc1c(C(=O)NNC(CC)C(C)(C)C)ccc2c1OCCO2.Cc1cc(C)cc(C(=O)Cl)c1.ClCCl.O=CO[O-].[H-].[K+].[K+]. The first kappa shape index (κ1) is 76.8. The summed E-state index contributed by atoms with van der Waals surface area (Å²) < 4.78 is 22.8. The molecule has 77 heavy (non-hydrogen) atoms. The number of hydrogen-bond donors (Lipinski definition) is 3. The number of halogens is 3. The molecular weight excluding hydrogens is 1100 g/mol. The van der Waals surface area contributed by atoms with Gasteiger partial charge in [0.2, 0.25) is 0 Å². The van der Waals surface area contributed by atoms with Gasteiger partial charge in [-0.25, -0.2) is 10.4 Å². The standard InChI is InChI=1S/C27H36N2O4.C18H28N2O3.C9H9ClO.CH2Cl2.CH2O3.CH4.2K.H/c1-8-20-21(10-11-22-24(20)33-13-12-32-22)25(30)28-29(23(9-2)27(5,6)7)26(31)19-15-17(3)14-18(4)16-19;1-6-12-13(8-9-14-16(12)23-11-10-22-14)17(21)20-19-15(7-2)18(3,4)5;1-6-3-7(2)5-8(4-6)9(10)11;2-1-3;2-1-4-3;;;;/h10-11,14-16,23H,8-9,12-13H2,1-7H3,(H,28,30);8-9,15,19H,6-7,10-11H2,1-5H3,(H,20,21);3-5H,1-2H3;1H2;1,3H;1H4;;;/q;;;;;;2*+1;-1/p-1. The average Bonchev–Trinajstić information content (AvgIpc) is 3.34. The van der Waals surface area contributed by atoms with Crippen LogP contribution in [0.2, 0.25) is 0 Å². The van der Waals surface area contributed by atoms with Gasteiger partial charge < -0.3 is 30.5 Å². The first-order valence-corrected chi connectivity index (χ1v) is 26.1. The molecular formula is C57H81Cl3K2N4O11. The van der Waals surface area contributed by atoms with Crippen LogP contribution in [0.3, 0.4) is 0 Å². The molecule has 0 aromatic heterocycles. The minimum Gasteiger partial charge on any atom is -1.00 e. The molecule has 0 spiro atoms. The van der Waals surface area contributed by atoms with Crippen LogP contribution in [-0.2, 0) is 22.5 Å². The number of amides is 3. The van der Waals surface area contributed by atoms with Gasteiger partial charge in [-0.3, -0.25) is 34.8 Å². The molecule has 4 aromatic rings. The topological polar surface area (TPSA) is 194 Å². The summed E-state index contributed by atoms with van der Waals surface area (Å²) in [7, 11) is 0. The number of aryl methyl sites for hydroxylation is 4.